The number of piperazine rings is 1. The summed E-state index contributed by atoms with van der Waals surface area (Å²) < 4.78 is 0.610. The number of non-ortho nitro benzene ring substituents is 1. The molecule has 4 rings (SSSR count). The number of fused-ring (bicyclic) bond motifs is 1. The summed E-state index contributed by atoms with van der Waals surface area (Å²) in [7, 11) is 0. The first kappa shape index (κ1) is 22.2. The maximum atomic E-state index is 13.0. The fourth-order valence-corrected chi connectivity index (χ4v) is 5.18. The second kappa shape index (κ2) is 9.23. The van der Waals surface area contributed by atoms with Gasteiger partial charge in [-0.1, -0.05) is 29.8 Å². The van der Waals surface area contributed by atoms with E-state index < -0.39 is 4.92 Å². The average molecular weight is 473 g/mol. The van der Waals surface area contributed by atoms with Crippen LogP contribution in [0.1, 0.15) is 15.2 Å². The zero-order valence-electron chi connectivity index (χ0n) is 17.3. The highest BCUT2D eigenvalue weighted by molar-refractivity contribution is 7.21. The van der Waals surface area contributed by atoms with Crippen LogP contribution >= 0.6 is 22.9 Å². The number of thiophene rings is 1. The summed E-state index contributed by atoms with van der Waals surface area (Å²) in [5, 5.41) is 14.9. The summed E-state index contributed by atoms with van der Waals surface area (Å²) >= 11 is 7.59. The lowest BCUT2D eigenvalue weighted by molar-refractivity contribution is -0.384. The number of rotatable bonds is 5. The summed E-state index contributed by atoms with van der Waals surface area (Å²) in [5.41, 5.74) is 1.76. The number of halogens is 1. The van der Waals surface area contributed by atoms with Crippen molar-refractivity contribution in [3.05, 3.63) is 68.0 Å². The van der Waals surface area contributed by atoms with E-state index in [1.54, 1.807) is 11.0 Å². The van der Waals surface area contributed by atoms with Crippen LogP contribution in [-0.2, 0) is 4.79 Å². The van der Waals surface area contributed by atoms with Crippen molar-refractivity contribution in [1.82, 2.24) is 9.80 Å². The third-order valence-electron chi connectivity index (χ3n) is 5.46. The van der Waals surface area contributed by atoms with Crippen LogP contribution in [0.5, 0.6) is 0 Å². The van der Waals surface area contributed by atoms with Crippen LogP contribution in [0.15, 0.2) is 42.5 Å². The summed E-state index contributed by atoms with van der Waals surface area (Å²) in [6, 6.07) is 12.0. The number of nitrogens with zero attached hydrogens (tertiary/aromatic N) is 3. The molecular formula is C22H21ClN4O4S. The molecule has 2 heterocycles. The van der Waals surface area contributed by atoms with Crippen molar-refractivity contribution < 1.29 is 14.5 Å². The minimum Gasteiger partial charge on any atom is -0.335 e. The highest BCUT2D eigenvalue weighted by atomic mass is 35.5. The summed E-state index contributed by atoms with van der Waals surface area (Å²) in [6.07, 6.45) is 0. The van der Waals surface area contributed by atoms with Gasteiger partial charge >= 0.3 is 0 Å². The summed E-state index contributed by atoms with van der Waals surface area (Å²) in [4.78, 5) is 40.1. The number of hydrogen-bond acceptors (Lipinski definition) is 6. The molecule has 2 aromatic carbocycles. The Labute approximate surface area is 193 Å². The Morgan fingerprint density at radius 3 is 2.56 bits per heavy atom. The molecule has 1 aliphatic heterocycles. The third kappa shape index (κ3) is 4.59. The van der Waals surface area contributed by atoms with Crippen molar-refractivity contribution in [3.8, 4) is 0 Å². The van der Waals surface area contributed by atoms with E-state index in [1.165, 1.54) is 23.5 Å². The van der Waals surface area contributed by atoms with Gasteiger partial charge in [0, 0.05) is 54.1 Å². The van der Waals surface area contributed by atoms with Gasteiger partial charge < -0.3 is 10.2 Å². The van der Waals surface area contributed by atoms with Crippen molar-refractivity contribution in [2.45, 2.75) is 6.92 Å². The molecule has 166 valence electrons. The molecule has 0 radical (unpaired) electrons. The predicted octanol–water partition coefficient (Wildman–Crippen LogP) is 4.17. The zero-order valence-corrected chi connectivity index (χ0v) is 18.9. The molecule has 1 saturated heterocycles. The highest BCUT2D eigenvalue weighted by Gasteiger charge is 2.27. The second-order valence-corrected chi connectivity index (χ2v) is 9.04. The monoisotopic (exact) mass is 472 g/mol. The normalized spacial score (nSPS) is 14.5. The first-order valence-electron chi connectivity index (χ1n) is 10.1. The van der Waals surface area contributed by atoms with Crippen molar-refractivity contribution in [1.29, 1.82) is 0 Å². The molecule has 1 N–H and O–H groups in total. The molecule has 1 aromatic heterocycles. The molecular weight excluding hydrogens is 452 g/mol. The number of nitrogens with one attached hydrogen (secondary N) is 1. The van der Waals surface area contributed by atoms with Gasteiger partial charge in [-0.15, -0.1) is 11.3 Å². The number of aryl methyl sites for hydroxylation is 1. The highest BCUT2D eigenvalue weighted by Crippen LogP contribution is 2.38. The van der Waals surface area contributed by atoms with Crippen molar-refractivity contribution in [2.75, 3.05) is 38.0 Å². The minimum atomic E-state index is -0.469. The number of carbonyl (C=O) groups excluding carboxylic acids is 2. The molecule has 0 saturated carbocycles. The van der Waals surface area contributed by atoms with E-state index in [2.05, 4.69) is 5.32 Å². The van der Waals surface area contributed by atoms with E-state index >= 15 is 0 Å². The van der Waals surface area contributed by atoms with Gasteiger partial charge in [0.05, 0.1) is 16.5 Å². The number of benzene rings is 2. The van der Waals surface area contributed by atoms with Gasteiger partial charge in [0.25, 0.3) is 11.6 Å². The van der Waals surface area contributed by atoms with Gasteiger partial charge in [-0.05, 0) is 24.6 Å². The van der Waals surface area contributed by atoms with Crippen molar-refractivity contribution >= 4 is 56.2 Å². The second-order valence-electron chi connectivity index (χ2n) is 7.61. The van der Waals surface area contributed by atoms with E-state index in [1.807, 2.05) is 36.1 Å². The number of nitro groups is 1. The van der Waals surface area contributed by atoms with Crippen LogP contribution in [0.4, 0.5) is 11.4 Å². The lowest BCUT2D eigenvalue weighted by atomic mass is 10.2. The molecule has 32 heavy (non-hydrogen) atoms. The largest absolute Gasteiger partial charge is 0.335 e. The molecule has 1 aliphatic rings. The standard InChI is InChI=1S/C22H21ClN4O4S/c1-14-4-2-3-5-17(14)24-19(28)13-25-8-10-26(11-9-25)22(29)21-20(23)16-7-6-15(27(30)31)12-18(16)32-21/h2-7,12H,8-11,13H2,1H3,(H,24,28). The van der Waals surface area contributed by atoms with Crippen LogP contribution < -0.4 is 5.32 Å². The zero-order chi connectivity index (χ0) is 22.8. The molecule has 8 nitrogen and oxygen atoms in total. The predicted molar refractivity (Wildman–Crippen MR) is 126 cm³/mol. The number of para-hydroxylation sites is 1. The molecule has 0 unspecified atom stereocenters. The maximum absolute atomic E-state index is 13.0. The van der Waals surface area contributed by atoms with Gasteiger partial charge in [-0.3, -0.25) is 24.6 Å². The molecule has 0 atom stereocenters. The number of amides is 2. The molecule has 0 aliphatic carbocycles. The van der Waals surface area contributed by atoms with Crippen LogP contribution in [-0.4, -0.2) is 59.3 Å². The van der Waals surface area contributed by atoms with Gasteiger partial charge in [-0.2, -0.15) is 0 Å². The summed E-state index contributed by atoms with van der Waals surface area (Å²) in [5.74, 6) is -0.281. The van der Waals surface area contributed by atoms with Crippen LogP contribution in [0.25, 0.3) is 10.1 Å². The van der Waals surface area contributed by atoms with E-state index in [0.717, 1.165) is 11.3 Å². The minimum absolute atomic E-state index is 0.0352. The quantitative estimate of drug-likeness (QED) is 0.444. The van der Waals surface area contributed by atoms with Gasteiger partial charge in [0.15, 0.2) is 0 Å². The smallest absolute Gasteiger partial charge is 0.270 e. The van der Waals surface area contributed by atoms with Gasteiger partial charge in [0.2, 0.25) is 5.91 Å². The Morgan fingerprint density at radius 2 is 1.88 bits per heavy atom. The lowest BCUT2D eigenvalue weighted by Crippen LogP contribution is -2.50. The number of nitro benzene ring substituents is 1. The number of carbonyl (C=O) groups is 2. The fourth-order valence-electron chi connectivity index (χ4n) is 3.66. The van der Waals surface area contributed by atoms with E-state index in [-0.39, 0.29) is 24.0 Å². The Bertz CT molecular complexity index is 1200. The fraction of sp³-hybridized carbons (Fsp3) is 0.273. The topological polar surface area (TPSA) is 95.8 Å². The SMILES string of the molecule is Cc1ccccc1NC(=O)CN1CCN(C(=O)c2sc3cc([N+](=O)[O-])ccc3c2Cl)CC1. The molecule has 1 fully saturated rings. The molecule has 3 aromatic rings. The van der Waals surface area contributed by atoms with Gasteiger partial charge in [0.1, 0.15) is 4.88 Å². The Kier molecular flexibility index (Phi) is 6.40. The molecule has 0 spiro atoms. The third-order valence-corrected chi connectivity index (χ3v) is 7.11. The summed E-state index contributed by atoms with van der Waals surface area (Å²) in [6.45, 7) is 4.28. The number of anilines is 1. The van der Waals surface area contributed by atoms with Crippen LogP contribution in [0, 0.1) is 17.0 Å². The average Bonchev–Trinajstić information content (AvgIpc) is 3.11. The van der Waals surface area contributed by atoms with E-state index in [0.29, 0.717) is 46.2 Å². The maximum Gasteiger partial charge on any atom is 0.270 e. The molecule has 2 amide bonds. The Balaban J connectivity index is 1.37. The molecule has 10 heteroatoms. The first-order valence-corrected chi connectivity index (χ1v) is 11.3. The van der Waals surface area contributed by atoms with Crippen LogP contribution in [0.3, 0.4) is 0 Å². The Morgan fingerprint density at radius 1 is 1.16 bits per heavy atom. The number of hydrogen-bond donors (Lipinski definition) is 1. The first-order chi connectivity index (χ1) is 15.3. The van der Waals surface area contributed by atoms with Crippen LogP contribution in [0.2, 0.25) is 5.02 Å². The van der Waals surface area contributed by atoms with E-state index in [4.69, 9.17) is 11.6 Å². The van der Waals surface area contributed by atoms with Crippen molar-refractivity contribution in [2.24, 2.45) is 0 Å². The van der Waals surface area contributed by atoms with Gasteiger partial charge in [-0.25, -0.2) is 0 Å². The Hall–Kier alpha value is -3.01. The van der Waals surface area contributed by atoms with Crippen molar-refractivity contribution in [3.63, 3.8) is 0 Å². The molecule has 0 bridgehead atoms. The van der Waals surface area contributed by atoms with E-state index in [9.17, 15) is 19.7 Å². The lowest BCUT2D eigenvalue weighted by Gasteiger charge is -2.34.